The highest BCUT2D eigenvalue weighted by Crippen LogP contribution is 2.36. The molecule has 4 amide bonds. The van der Waals surface area contributed by atoms with Crippen LogP contribution in [-0.2, 0) is 4.79 Å². The number of carbonyl (C=O) groups is 3. The predicted octanol–water partition coefficient (Wildman–Crippen LogP) is 2.58. The van der Waals surface area contributed by atoms with E-state index in [1.54, 1.807) is 5.32 Å². The van der Waals surface area contributed by atoms with Gasteiger partial charge in [0, 0.05) is 5.56 Å². The standard InChI is InChI=1S/C18H13F4N3O4/c1-29-13-4-2-3-10(9-13)14(26)23-17(18(20,21)22)15(27)25(16(28)24-17)12-7-5-11(19)6-8-12/h2-9H,1H3,(H,23,26)(H,24,28). The molecule has 2 aromatic carbocycles. The molecule has 1 fully saturated rings. The van der Waals surface area contributed by atoms with Crippen molar-refractivity contribution < 1.29 is 36.7 Å². The van der Waals surface area contributed by atoms with Crippen LogP contribution < -0.4 is 20.3 Å². The molecule has 7 nitrogen and oxygen atoms in total. The Morgan fingerprint density at radius 1 is 1.14 bits per heavy atom. The molecule has 2 aromatic rings. The van der Waals surface area contributed by atoms with Gasteiger partial charge in [0.25, 0.3) is 17.5 Å². The minimum absolute atomic E-state index is 0.179. The van der Waals surface area contributed by atoms with E-state index in [2.05, 4.69) is 0 Å². The number of carbonyl (C=O) groups excluding carboxylic acids is 3. The molecule has 11 heteroatoms. The molecule has 1 aliphatic rings. The molecule has 0 radical (unpaired) electrons. The van der Waals surface area contributed by atoms with Gasteiger partial charge >= 0.3 is 12.2 Å². The highest BCUT2D eigenvalue weighted by Gasteiger charge is 2.69. The molecule has 2 N–H and O–H groups in total. The first-order valence-electron chi connectivity index (χ1n) is 8.04. The van der Waals surface area contributed by atoms with E-state index in [0.29, 0.717) is 0 Å². The largest absolute Gasteiger partial charge is 0.497 e. The van der Waals surface area contributed by atoms with Crippen molar-refractivity contribution in [2.45, 2.75) is 11.8 Å². The highest BCUT2D eigenvalue weighted by molar-refractivity contribution is 6.24. The van der Waals surface area contributed by atoms with E-state index < -0.39 is 35.5 Å². The van der Waals surface area contributed by atoms with Crippen LogP contribution >= 0.6 is 0 Å². The number of ether oxygens (including phenoxy) is 1. The fourth-order valence-electron chi connectivity index (χ4n) is 2.71. The first-order chi connectivity index (χ1) is 13.6. The van der Waals surface area contributed by atoms with E-state index in [1.807, 2.05) is 0 Å². The van der Waals surface area contributed by atoms with Crippen molar-refractivity contribution in [3.05, 3.63) is 59.9 Å². The Labute approximate surface area is 161 Å². The molecule has 29 heavy (non-hydrogen) atoms. The zero-order valence-corrected chi connectivity index (χ0v) is 14.7. The number of methoxy groups -OCH3 is 1. The van der Waals surface area contributed by atoms with Gasteiger partial charge in [0.15, 0.2) is 0 Å². The second-order valence-electron chi connectivity index (χ2n) is 5.98. The molecule has 1 heterocycles. The summed E-state index contributed by atoms with van der Waals surface area (Å²) < 4.78 is 59.6. The van der Waals surface area contributed by atoms with Gasteiger partial charge in [-0.25, -0.2) is 14.1 Å². The maximum atomic E-state index is 13.9. The number of rotatable bonds is 4. The third-order valence-corrected chi connectivity index (χ3v) is 4.16. The van der Waals surface area contributed by atoms with Gasteiger partial charge in [-0.1, -0.05) is 6.07 Å². The molecule has 0 aromatic heterocycles. The van der Waals surface area contributed by atoms with Gasteiger partial charge in [0.1, 0.15) is 11.6 Å². The number of nitrogens with one attached hydrogen (secondary N) is 2. The predicted molar refractivity (Wildman–Crippen MR) is 91.7 cm³/mol. The number of hydrogen-bond donors (Lipinski definition) is 2. The summed E-state index contributed by atoms with van der Waals surface area (Å²) in [5.74, 6) is -3.56. The van der Waals surface area contributed by atoms with Crippen LogP contribution in [0.3, 0.4) is 0 Å². The fraction of sp³-hybridized carbons (Fsp3) is 0.167. The Morgan fingerprint density at radius 2 is 1.79 bits per heavy atom. The first-order valence-corrected chi connectivity index (χ1v) is 8.04. The summed E-state index contributed by atoms with van der Waals surface area (Å²) in [5, 5.41) is 3.08. The zero-order chi connectivity index (χ0) is 21.4. The molecule has 0 spiro atoms. The topological polar surface area (TPSA) is 87.7 Å². The normalized spacial score (nSPS) is 19.1. The smallest absolute Gasteiger partial charge is 0.440 e. The fourth-order valence-corrected chi connectivity index (χ4v) is 2.71. The lowest BCUT2D eigenvalue weighted by molar-refractivity contribution is -0.197. The number of amides is 4. The third-order valence-electron chi connectivity index (χ3n) is 4.16. The quantitative estimate of drug-likeness (QED) is 0.598. The number of nitrogens with zero attached hydrogens (tertiary/aromatic N) is 1. The van der Waals surface area contributed by atoms with Gasteiger partial charge < -0.3 is 10.1 Å². The summed E-state index contributed by atoms with van der Waals surface area (Å²) in [6.07, 6.45) is -5.37. The molecular weight excluding hydrogens is 398 g/mol. The van der Waals surface area contributed by atoms with Gasteiger partial charge in [-0.2, -0.15) is 13.2 Å². The summed E-state index contributed by atoms with van der Waals surface area (Å²) in [7, 11) is 1.30. The lowest BCUT2D eigenvalue weighted by atomic mass is 10.1. The van der Waals surface area contributed by atoms with Crippen molar-refractivity contribution >= 4 is 23.5 Å². The number of halogens is 4. The summed E-state index contributed by atoms with van der Waals surface area (Å²) >= 11 is 0. The Morgan fingerprint density at radius 3 is 2.38 bits per heavy atom. The first kappa shape index (κ1) is 20.1. The van der Waals surface area contributed by atoms with Crippen molar-refractivity contribution in [1.29, 1.82) is 0 Å². The van der Waals surface area contributed by atoms with Crippen molar-refractivity contribution in [2.75, 3.05) is 12.0 Å². The SMILES string of the molecule is COc1cccc(C(=O)NC2(C(F)(F)F)NC(=O)N(c3ccc(F)cc3)C2=O)c1. The van der Waals surface area contributed by atoms with Crippen LogP contribution in [0.1, 0.15) is 10.4 Å². The second kappa shape index (κ2) is 7.08. The van der Waals surface area contributed by atoms with E-state index >= 15 is 0 Å². The van der Waals surface area contributed by atoms with Gasteiger partial charge in [-0.05, 0) is 42.5 Å². The number of anilines is 1. The second-order valence-corrected chi connectivity index (χ2v) is 5.98. The maximum Gasteiger partial charge on any atom is 0.440 e. The van der Waals surface area contributed by atoms with Crippen LogP contribution in [0.15, 0.2) is 48.5 Å². The number of hydrogen-bond acceptors (Lipinski definition) is 4. The van der Waals surface area contributed by atoms with Crippen LogP contribution in [0.2, 0.25) is 0 Å². The van der Waals surface area contributed by atoms with Gasteiger partial charge in [-0.15, -0.1) is 0 Å². The molecule has 0 saturated carbocycles. The molecule has 1 aliphatic heterocycles. The van der Waals surface area contributed by atoms with Crippen LogP contribution in [0.5, 0.6) is 5.75 Å². The number of imide groups is 1. The van der Waals surface area contributed by atoms with Crippen molar-refractivity contribution in [1.82, 2.24) is 10.6 Å². The summed E-state index contributed by atoms with van der Waals surface area (Å²) in [4.78, 5) is 37.4. The Bertz CT molecular complexity index is 978. The van der Waals surface area contributed by atoms with Crippen LogP contribution in [0.25, 0.3) is 0 Å². The minimum Gasteiger partial charge on any atom is -0.497 e. The molecule has 1 atom stereocenters. The van der Waals surface area contributed by atoms with E-state index in [9.17, 15) is 31.9 Å². The molecular formula is C18H13F4N3O4. The number of urea groups is 1. The highest BCUT2D eigenvalue weighted by atomic mass is 19.4. The average Bonchev–Trinajstić information content (AvgIpc) is 2.93. The maximum absolute atomic E-state index is 13.9. The van der Waals surface area contributed by atoms with Crippen LogP contribution in [0.4, 0.5) is 28.0 Å². The van der Waals surface area contributed by atoms with Gasteiger partial charge in [0.2, 0.25) is 0 Å². The van der Waals surface area contributed by atoms with E-state index in [0.717, 1.165) is 24.3 Å². The van der Waals surface area contributed by atoms with E-state index in [1.165, 1.54) is 36.7 Å². The molecule has 1 unspecified atom stereocenters. The average molecular weight is 411 g/mol. The van der Waals surface area contributed by atoms with E-state index in [-0.39, 0.29) is 21.9 Å². The summed E-state index contributed by atoms with van der Waals surface area (Å²) in [6.45, 7) is 0. The Hall–Kier alpha value is -3.63. The zero-order valence-electron chi connectivity index (χ0n) is 14.7. The van der Waals surface area contributed by atoms with Crippen LogP contribution in [-0.4, -0.2) is 36.8 Å². The van der Waals surface area contributed by atoms with E-state index in [4.69, 9.17) is 4.74 Å². The summed E-state index contributed by atoms with van der Waals surface area (Å²) in [6, 6.07) is 7.45. The Kier molecular flexibility index (Phi) is 4.91. The molecule has 3 rings (SSSR count). The lowest BCUT2D eigenvalue weighted by Gasteiger charge is -2.29. The van der Waals surface area contributed by atoms with Crippen molar-refractivity contribution in [3.8, 4) is 5.75 Å². The Balaban J connectivity index is 1.99. The van der Waals surface area contributed by atoms with Crippen LogP contribution in [0, 0.1) is 5.82 Å². The molecule has 1 saturated heterocycles. The molecule has 0 bridgehead atoms. The van der Waals surface area contributed by atoms with Crippen molar-refractivity contribution in [2.24, 2.45) is 0 Å². The van der Waals surface area contributed by atoms with Crippen molar-refractivity contribution in [3.63, 3.8) is 0 Å². The minimum atomic E-state index is -5.37. The monoisotopic (exact) mass is 411 g/mol. The number of alkyl halides is 3. The third kappa shape index (κ3) is 3.46. The lowest BCUT2D eigenvalue weighted by Crippen LogP contribution is -2.69. The number of benzene rings is 2. The summed E-state index contributed by atoms with van der Waals surface area (Å²) in [5.41, 5.74) is -4.22. The van der Waals surface area contributed by atoms with Gasteiger partial charge in [0.05, 0.1) is 12.8 Å². The molecule has 0 aliphatic carbocycles. The molecule has 152 valence electrons. The van der Waals surface area contributed by atoms with Gasteiger partial charge in [-0.3, -0.25) is 14.9 Å².